The lowest BCUT2D eigenvalue weighted by Crippen LogP contribution is -2.15. The van der Waals surface area contributed by atoms with Crippen molar-refractivity contribution < 1.29 is 27.2 Å². The summed E-state index contributed by atoms with van der Waals surface area (Å²) >= 11 is 1.01. The number of rotatable bonds is 6. The molecule has 0 fully saturated rings. The van der Waals surface area contributed by atoms with Gasteiger partial charge >= 0.3 is 6.18 Å². The SMILES string of the molecule is O=C(CSc1ccc(C(F)(F)F)cn1)Nc1cccc(NC(=O)c2ccco2)c1. The highest BCUT2D eigenvalue weighted by atomic mass is 32.2. The summed E-state index contributed by atoms with van der Waals surface area (Å²) in [5.41, 5.74) is 0.0641. The second-order valence-electron chi connectivity index (χ2n) is 5.73. The zero-order valence-electron chi connectivity index (χ0n) is 14.7. The summed E-state index contributed by atoms with van der Waals surface area (Å²) in [5.74, 6) is -0.685. The fraction of sp³-hybridized carbons (Fsp3) is 0.105. The van der Waals surface area contributed by atoms with Gasteiger partial charge in [-0.1, -0.05) is 17.8 Å². The molecule has 150 valence electrons. The predicted octanol–water partition coefficient (Wildman–Crippen LogP) is 4.68. The van der Waals surface area contributed by atoms with Crippen molar-refractivity contribution in [1.29, 1.82) is 0 Å². The number of aromatic nitrogens is 1. The molecule has 0 spiro atoms. The summed E-state index contributed by atoms with van der Waals surface area (Å²) in [6.07, 6.45) is -2.34. The second kappa shape index (κ2) is 8.82. The Bertz CT molecular complexity index is 990. The largest absolute Gasteiger partial charge is 0.459 e. The first-order valence-electron chi connectivity index (χ1n) is 8.22. The Balaban J connectivity index is 1.53. The first kappa shape index (κ1) is 20.5. The van der Waals surface area contributed by atoms with Crippen LogP contribution in [0.1, 0.15) is 16.1 Å². The molecule has 10 heteroatoms. The van der Waals surface area contributed by atoms with E-state index >= 15 is 0 Å². The van der Waals surface area contributed by atoms with Crippen LogP contribution < -0.4 is 10.6 Å². The van der Waals surface area contributed by atoms with Gasteiger partial charge < -0.3 is 15.1 Å². The molecule has 0 aliphatic carbocycles. The Morgan fingerprint density at radius 2 is 1.79 bits per heavy atom. The van der Waals surface area contributed by atoms with Crippen LogP contribution in [0.25, 0.3) is 0 Å². The standard InChI is InChI=1S/C19H14F3N3O3S/c20-19(21,22)12-6-7-17(23-10-12)29-11-16(26)24-13-3-1-4-14(9-13)25-18(27)15-5-2-8-28-15/h1-10H,11H2,(H,24,26)(H,25,27). The van der Waals surface area contributed by atoms with Crippen LogP contribution in [0, 0.1) is 0 Å². The van der Waals surface area contributed by atoms with E-state index in [9.17, 15) is 22.8 Å². The topological polar surface area (TPSA) is 84.2 Å². The minimum Gasteiger partial charge on any atom is -0.459 e. The van der Waals surface area contributed by atoms with Gasteiger partial charge in [-0.2, -0.15) is 13.2 Å². The van der Waals surface area contributed by atoms with Crippen LogP contribution in [0.2, 0.25) is 0 Å². The number of benzene rings is 1. The van der Waals surface area contributed by atoms with Crippen LogP contribution >= 0.6 is 11.8 Å². The van der Waals surface area contributed by atoms with Gasteiger partial charge in [0.2, 0.25) is 5.91 Å². The van der Waals surface area contributed by atoms with E-state index in [4.69, 9.17) is 4.42 Å². The monoisotopic (exact) mass is 421 g/mol. The molecule has 0 saturated carbocycles. The molecule has 6 nitrogen and oxygen atoms in total. The van der Waals surface area contributed by atoms with E-state index in [-0.39, 0.29) is 17.4 Å². The van der Waals surface area contributed by atoms with Gasteiger partial charge in [0, 0.05) is 17.6 Å². The van der Waals surface area contributed by atoms with E-state index in [2.05, 4.69) is 15.6 Å². The minimum atomic E-state index is -4.45. The number of carbonyl (C=O) groups excluding carboxylic acids is 2. The van der Waals surface area contributed by atoms with Gasteiger partial charge in [-0.25, -0.2) is 4.98 Å². The van der Waals surface area contributed by atoms with Crippen molar-refractivity contribution >= 4 is 35.0 Å². The predicted molar refractivity (Wildman–Crippen MR) is 102 cm³/mol. The first-order valence-corrected chi connectivity index (χ1v) is 9.20. The molecule has 0 aliphatic rings. The summed E-state index contributed by atoms with van der Waals surface area (Å²) in [5, 5.41) is 5.59. The molecule has 0 radical (unpaired) electrons. The molecular weight excluding hydrogens is 407 g/mol. The fourth-order valence-corrected chi connectivity index (χ4v) is 2.89. The van der Waals surface area contributed by atoms with Gasteiger partial charge in [0.1, 0.15) is 0 Å². The molecule has 0 aliphatic heterocycles. The Hall–Kier alpha value is -3.27. The van der Waals surface area contributed by atoms with E-state index in [0.29, 0.717) is 16.4 Å². The lowest BCUT2D eigenvalue weighted by Gasteiger charge is -2.09. The molecule has 29 heavy (non-hydrogen) atoms. The van der Waals surface area contributed by atoms with E-state index in [0.717, 1.165) is 24.0 Å². The lowest BCUT2D eigenvalue weighted by atomic mass is 10.2. The Labute approximate surface area is 167 Å². The van der Waals surface area contributed by atoms with Crippen LogP contribution in [0.4, 0.5) is 24.5 Å². The molecule has 0 saturated heterocycles. The molecule has 1 aromatic carbocycles. The number of carbonyl (C=O) groups is 2. The molecule has 2 aromatic heterocycles. The number of halogens is 3. The van der Waals surface area contributed by atoms with E-state index in [1.807, 2.05) is 0 Å². The summed E-state index contributed by atoms with van der Waals surface area (Å²) in [6, 6.07) is 11.8. The number of hydrogen-bond donors (Lipinski definition) is 2. The highest BCUT2D eigenvalue weighted by molar-refractivity contribution is 7.99. The van der Waals surface area contributed by atoms with Gasteiger partial charge in [-0.3, -0.25) is 9.59 Å². The average molecular weight is 421 g/mol. The van der Waals surface area contributed by atoms with Crippen molar-refractivity contribution in [3.05, 3.63) is 72.3 Å². The van der Waals surface area contributed by atoms with Gasteiger partial charge in [0.25, 0.3) is 5.91 Å². The maximum absolute atomic E-state index is 12.5. The van der Waals surface area contributed by atoms with Crippen LogP contribution in [0.5, 0.6) is 0 Å². The van der Waals surface area contributed by atoms with Crippen LogP contribution in [-0.2, 0) is 11.0 Å². The number of hydrogen-bond acceptors (Lipinski definition) is 5. The number of nitrogens with one attached hydrogen (secondary N) is 2. The third kappa shape index (κ3) is 5.85. The maximum Gasteiger partial charge on any atom is 0.417 e. The minimum absolute atomic E-state index is 0.0403. The number of nitrogens with zero attached hydrogens (tertiary/aromatic N) is 1. The molecule has 3 aromatic rings. The van der Waals surface area contributed by atoms with E-state index in [1.165, 1.54) is 18.4 Å². The van der Waals surface area contributed by atoms with Crippen LogP contribution in [0.3, 0.4) is 0 Å². The number of amides is 2. The third-order valence-corrected chi connectivity index (χ3v) is 4.51. The van der Waals surface area contributed by atoms with E-state index < -0.39 is 17.6 Å². The van der Waals surface area contributed by atoms with Crippen molar-refractivity contribution in [2.75, 3.05) is 16.4 Å². The summed E-state index contributed by atoms with van der Waals surface area (Å²) in [4.78, 5) is 27.8. The molecule has 2 heterocycles. The molecular formula is C19H14F3N3O3S. The van der Waals surface area contributed by atoms with Crippen LogP contribution in [0.15, 0.2) is 70.4 Å². The summed E-state index contributed by atoms with van der Waals surface area (Å²) < 4.78 is 42.6. The van der Waals surface area contributed by atoms with Crippen LogP contribution in [-0.4, -0.2) is 22.6 Å². The smallest absolute Gasteiger partial charge is 0.417 e. The second-order valence-corrected chi connectivity index (χ2v) is 6.73. The normalized spacial score (nSPS) is 11.1. The van der Waals surface area contributed by atoms with Gasteiger partial charge in [0.15, 0.2) is 5.76 Å². The van der Waals surface area contributed by atoms with Crippen molar-refractivity contribution in [3.63, 3.8) is 0 Å². The lowest BCUT2D eigenvalue weighted by molar-refractivity contribution is -0.137. The van der Waals surface area contributed by atoms with Gasteiger partial charge in [0.05, 0.1) is 22.6 Å². The highest BCUT2D eigenvalue weighted by Gasteiger charge is 2.30. The Morgan fingerprint density at radius 1 is 1.03 bits per heavy atom. The third-order valence-electron chi connectivity index (χ3n) is 3.56. The number of thioether (sulfide) groups is 1. The highest BCUT2D eigenvalue weighted by Crippen LogP contribution is 2.29. The molecule has 2 N–H and O–H groups in total. The number of anilines is 2. The Morgan fingerprint density at radius 3 is 2.41 bits per heavy atom. The zero-order valence-corrected chi connectivity index (χ0v) is 15.5. The molecule has 0 unspecified atom stereocenters. The quantitative estimate of drug-likeness (QED) is 0.565. The van der Waals surface area contributed by atoms with Crippen molar-refractivity contribution in [3.8, 4) is 0 Å². The molecule has 0 atom stereocenters. The van der Waals surface area contributed by atoms with Gasteiger partial charge in [-0.05, 0) is 42.5 Å². The van der Waals surface area contributed by atoms with Crippen molar-refractivity contribution in [2.24, 2.45) is 0 Å². The Kier molecular flexibility index (Phi) is 6.23. The van der Waals surface area contributed by atoms with Crippen molar-refractivity contribution in [1.82, 2.24) is 4.98 Å². The first-order chi connectivity index (χ1) is 13.8. The number of pyridine rings is 1. The number of furan rings is 1. The molecule has 2 amide bonds. The molecule has 3 rings (SSSR count). The number of alkyl halides is 3. The molecule has 0 bridgehead atoms. The van der Waals surface area contributed by atoms with E-state index in [1.54, 1.807) is 30.3 Å². The maximum atomic E-state index is 12.5. The summed E-state index contributed by atoms with van der Waals surface area (Å²) in [6.45, 7) is 0. The van der Waals surface area contributed by atoms with Crippen molar-refractivity contribution in [2.45, 2.75) is 11.2 Å². The zero-order chi connectivity index (χ0) is 20.9. The average Bonchev–Trinajstić information content (AvgIpc) is 3.21. The summed E-state index contributed by atoms with van der Waals surface area (Å²) in [7, 11) is 0. The van der Waals surface area contributed by atoms with Gasteiger partial charge in [-0.15, -0.1) is 0 Å². The fourth-order valence-electron chi connectivity index (χ4n) is 2.25.